The zero-order valence-electron chi connectivity index (χ0n) is 14.7. The number of nitrogens with one attached hydrogen (secondary N) is 1. The second-order valence-electron chi connectivity index (χ2n) is 7.04. The highest BCUT2D eigenvalue weighted by atomic mass is 79.9. The Balaban J connectivity index is 1.73. The zero-order chi connectivity index (χ0) is 17.9. The zero-order valence-corrected chi connectivity index (χ0v) is 17.2. The van der Waals surface area contributed by atoms with Gasteiger partial charge >= 0.3 is 0 Å². The van der Waals surface area contributed by atoms with Gasteiger partial charge in [0.1, 0.15) is 0 Å². The summed E-state index contributed by atoms with van der Waals surface area (Å²) in [5, 5.41) is 4.48. The standard InChI is InChI=1S/C22H23BrN2S/c23-18-11-7-10-17(14-18)21-19-12-5-2-6-13-20(19)25(22(26)24-21)15-16-8-3-1-4-9-16/h1,3-4,7-11,14,21H,2,5-6,12-13,15H2,(H,24,26)/t21-/m1/s1. The highest BCUT2D eigenvalue weighted by molar-refractivity contribution is 9.10. The number of allylic oxidation sites excluding steroid dienone is 1. The fourth-order valence-electron chi connectivity index (χ4n) is 4.02. The molecule has 1 heterocycles. The summed E-state index contributed by atoms with van der Waals surface area (Å²) in [4.78, 5) is 2.33. The number of hydrogen-bond donors (Lipinski definition) is 1. The van der Waals surface area contributed by atoms with Crippen molar-refractivity contribution in [2.45, 2.75) is 44.7 Å². The minimum Gasteiger partial charge on any atom is -0.352 e. The van der Waals surface area contributed by atoms with E-state index in [1.165, 1.54) is 41.7 Å². The fourth-order valence-corrected chi connectivity index (χ4v) is 4.73. The van der Waals surface area contributed by atoms with Crippen LogP contribution in [0, 0.1) is 0 Å². The summed E-state index contributed by atoms with van der Waals surface area (Å²) in [6.45, 7) is 0.844. The predicted molar refractivity (Wildman–Crippen MR) is 115 cm³/mol. The van der Waals surface area contributed by atoms with Crippen LogP contribution in [0.4, 0.5) is 0 Å². The molecular weight excluding hydrogens is 404 g/mol. The van der Waals surface area contributed by atoms with Gasteiger partial charge in [0.2, 0.25) is 0 Å². The number of thiocarbonyl (C=S) groups is 1. The van der Waals surface area contributed by atoms with E-state index >= 15 is 0 Å². The lowest BCUT2D eigenvalue weighted by atomic mass is 9.91. The SMILES string of the molecule is S=C1N[C@H](c2cccc(Br)c2)C2=C(CCCCC2)N1Cc1ccccc1. The molecule has 0 radical (unpaired) electrons. The maximum absolute atomic E-state index is 5.82. The van der Waals surface area contributed by atoms with Crippen molar-refractivity contribution >= 4 is 33.3 Å². The van der Waals surface area contributed by atoms with Gasteiger partial charge in [0.05, 0.1) is 6.04 Å². The quantitative estimate of drug-likeness (QED) is 0.596. The van der Waals surface area contributed by atoms with Crippen molar-refractivity contribution in [1.29, 1.82) is 0 Å². The monoisotopic (exact) mass is 426 g/mol. The second kappa shape index (κ2) is 7.93. The van der Waals surface area contributed by atoms with Crippen LogP contribution in [0.15, 0.2) is 70.3 Å². The molecule has 1 aliphatic heterocycles. The molecule has 134 valence electrons. The van der Waals surface area contributed by atoms with Crippen molar-refractivity contribution in [3.05, 3.63) is 81.5 Å². The van der Waals surface area contributed by atoms with E-state index in [4.69, 9.17) is 12.2 Å². The second-order valence-corrected chi connectivity index (χ2v) is 8.34. The van der Waals surface area contributed by atoms with Gasteiger partial charge in [0.15, 0.2) is 5.11 Å². The lowest BCUT2D eigenvalue weighted by molar-refractivity contribution is 0.429. The summed E-state index contributed by atoms with van der Waals surface area (Å²) in [5.74, 6) is 0. The Bertz CT molecular complexity index is 831. The molecule has 0 spiro atoms. The van der Waals surface area contributed by atoms with Gasteiger partial charge < -0.3 is 10.2 Å². The molecular formula is C22H23BrN2S. The van der Waals surface area contributed by atoms with Gasteiger partial charge in [-0.1, -0.05) is 64.8 Å². The van der Waals surface area contributed by atoms with Crippen molar-refractivity contribution < 1.29 is 0 Å². The van der Waals surface area contributed by atoms with E-state index in [1.807, 2.05) is 0 Å². The van der Waals surface area contributed by atoms with Gasteiger partial charge in [-0.3, -0.25) is 0 Å². The Morgan fingerprint density at radius 3 is 2.62 bits per heavy atom. The Morgan fingerprint density at radius 2 is 1.81 bits per heavy atom. The molecule has 4 heteroatoms. The van der Waals surface area contributed by atoms with Crippen molar-refractivity contribution in [3.8, 4) is 0 Å². The molecule has 2 aromatic rings. The third kappa shape index (κ3) is 3.72. The Labute approximate surface area is 169 Å². The van der Waals surface area contributed by atoms with Gasteiger partial charge in [-0.15, -0.1) is 0 Å². The summed E-state index contributed by atoms with van der Waals surface area (Å²) >= 11 is 9.43. The van der Waals surface area contributed by atoms with Gasteiger partial charge in [-0.05, 0) is 66.7 Å². The summed E-state index contributed by atoms with van der Waals surface area (Å²) in [6, 6.07) is 19.4. The molecule has 2 aliphatic rings. The summed E-state index contributed by atoms with van der Waals surface area (Å²) in [7, 11) is 0. The van der Waals surface area contributed by atoms with Gasteiger partial charge in [0, 0.05) is 16.7 Å². The van der Waals surface area contributed by atoms with Crippen LogP contribution in [0.5, 0.6) is 0 Å². The molecule has 4 rings (SSSR count). The molecule has 1 atom stereocenters. The van der Waals surface area contributed by atoms with E-state index in [2.05, 4.69) is 80.7 Å². The van der Waals surface area contributed by atoms with Crippen LogP contribution in [0.25, 0.3) is 0 Å². The fraction of sp³-hybridized carbons (Fsp3) is 0.318. The van der Waals surface area contributed by atoms with Crippen LogP contribution in [0.3, 0.4) is 0 Å². The predicted octanol–water partition coefficient (Wildman–Crippen LogP) is 6.10. The van der Waals surface area contributed by atoms with Crippen LogP contribution in [-0.2, 0) is 6.54 Å². The molecule has 0 bridgehead atoms. The molecule has 0 aromatic heterocycles. The molecule has 26 heavy (non-hydrogen) atoms. The average Bonchev–Trinajstić information content (AvgIpc) is 2.91. The summed E-state index contributed by atoms with van der Waals surface area (Å²) in [5.41, 5.74) is 5.55. The van der Waals surface area contributed by atoms with Crippen LogP contribution < -0.4 is 5.32 Å². The minimum atomic E-state index is 0.195. The van der Waals surface area contributed by atoms with Crippen LogP contribution in [0.1, 0.15) is 49.3 Å². The number of hydrogen-bond acceptors (Lipinski definition) is 1. The smallest absolute Gasteiger partial charge is 0.174 e. The molecule has 0 amide bonds. The lowest BCUT2D eigenvalue weighted by Gasteiger charge is -2.39. The third-order valence-corrected chi connectivity index (χ3v) is 6.11. The van der Waals surface area contributed by atoms with E-state index in [0.717, 1.165) is 29.0 Å². The van der Waals surface area contributed by atoms with Crippen molar-refractivity contribution in [2.75, 3.05) is 0 Å². The Morgan fingerprint density at radius 1 is 1.00 bits per heavy atom. The number of rotatable bonds is 3. The van der Waals surface area contributed by atoms with E-state index in [0.29, 0.717) is 0 Å². The van der Waals surface area contributed by atoms with Gasteiger partial charge in [0.25, 0.3) is 0 Å². The molecule has 2 aromatic carbocycles. The third-order valence-electron chi connectivity index (χ3n) is 5.28. The van der Waals surface area contributed by atoms with Crippen molar-refractivity contribution in [3.63, 3.8) is 0 Å². The highest BCUT2D eigenvalue weighted by Gasteiger charge is 2.32. The minimum absolute atomic E-state index is 0.195. The average molecular weight is 427 g/mol. The summed E-state index contributed by atoms with van der Waals surface area (Å²) < 4.78 is 1.12. The van der Waals surface area contributed by atoms with Crippen LogP contribution in [-0.4, -0.2) is 10.0 Å². The van der Waals surface area contributed by atoms with E-state index in [1.54, 1.807) is 0 Å². The molecule has 0 fully saturated rings. The van der Waals surface area contributed by atoms with E-state index in [9.17, 15) is 0 Å². The lowest BCUT2D eigenvalue weighted by Crippen LogP contribution is -2.46. The number of halogens is 1. The molecule has 0 saturated carbocycles. The summed E-state index contributed by atoms with van der Waals surface area (Å²) in [6.07, 6.45) is 6.07. The maximum atomic E-state index is 5.82. The van der Waals surface area contributed by atoms with Gasteiger partial charge in [-0.2, -0.15) is 0 Å². The highest BCUT2D eigenvalue weighted by Crippen LogP contribution is 2.39. The first-order chi connectivity index (χ1) is 12.7. The molecule has 1 N–H and O–H groups in total. The first-order valence-corrected chi connectivity index (χ1v) is 10.5. The molecule has 1 aliphatic carbocycles. The number of nitrogens with zero attached hydrogens (tertiary/aromatic N) is 1. The van der Waals surface area contributed by atoms with Crippen LogP contribution in [0.2, 0.25) is 0 Å². The number of benzene rings is 2. The van der Waals surface area contributed by atoms with Gasteiger partial charge in [-0.25, -0.2) is 0 Å². The normalized spacial score (nSPS) is 20.4. The molecule has 0 unspecified atom stereocenters. The van der Waals surface area contributed by atoms with Crippen LogP contribution >= 0.6 is 28.1 Å². The maximum Gasteiger partial charge on any atom is 0.174 e. The van der Waals surface area contributed by atoms with Crippen molar-refractivity contribution in [2.24, 2.45) is 0 Å². The molecule has 0 saturated heterocycles. The van der Waals surface area contributed by atoms with E-state index in [-0.39, 0.29) is 6.04 Å². The van der Waals surface area contributed by atoms with Crippen molar-refractivity contribution in [1.82, 2.24) is 10.2 Å². The first kappa shape index (κ1) is 17.7. The van der Waals surface area contributed by atoms with E-state index < -0.39 is 0 Å². The Kier molecular flexibility index (Phi) is 5.41. The molecule has 2 nitrogen and oxygen atoms in total. The largest absolute Gasteiger partial charge is 0.352 e. The first-order valence-electron chi connectivity index (χ1n) is 9.32. The Hall–Kier alpha value is -1.65. The topological polar surface area (TPSA) is 15.3 Å².